The quantitative estimate of drug-likeness (QED) is 0.625. The number of nitrogens with two attached hydrogens (primary N) is 1. The lowest BCUT2D eigenvalue weighted by Crippen LogP contribution is -2.16. The number of nitrogens with zero attached hydrogens (tertiary/aromatic N) is 2. The molecule has 1 aromatic heterocycles. The molecule has 2 rings (SSSR count). The van der Waals surface area contributed by atoms with E-state index in [1.807, 2.05) is 27.7 Å². The summed E-state index contributed by atoms with van der Waals surface area (Å²) in [6.07, 6.45) is 1.76. The third-order valence-corrected chi connectivity index (χ3v) is 7.44. The summed E-state index contributed by atoms with van der Waals surface area (Å²) < 4.78 is 31.6. The molecule has 3 N–H and O–H groups in total. The van der Waals surface area contributed by atoms with Crippen molar-refractivity contribution in [1.29, 1.82) is 0 Å². The van der Waals surface area contributed by atoms with Gasteiger partial charge >= 0.3 is 0 Å². The molecule has 2 atom stereocenters. The van der Waals surface area contributed by atoms with Crippen molar-refractivity contribution in [2.45, 2.75) is 50.7 Å². The van der Waals surface area contributed by atoms with E-state index in [0.29, 0.717) is 9.90 Å². The summed E-state index contributed by atoms with van der Waals surface area (Å²) >= 11 is 1.29. The largest absolute Gasteiger partial charge is 0.365 e. The molecule has 0 spiro atoms. The Morgan fingerprint density at radius 2 is 2.00 bits per heavy atom. The minimum atomic E-state index is -3.05. The Hall–Kier alpha value is -1.77. The fourth-order valence-corrected chi connectivity index (χ4v) is 5.33. The zero-order chi connectivity index (χ0) is 20.4. The molecule has 0 saturated heterocycles. The monoisotopic (exact) mass is 410 g/mol. The Kier molecular flexibility index (Phi) is 6.77. The van der Waals surface area contributed by atoms with E-state index in [4.69, 9.17) is 5.14 Å². The molecule has 0 saturated carbocycles. The Labute approximate surface area is 165 Å². The fourth-order valence-electron chi connectivity index (χ4n) is 2.85. The molecular formula is C19H27FN4OS2. The van der Waals surface area contributed by atoms with Gasteiger partial charge in [-0.25, -0.2) is 18.7 Å². The second-order valence-corrected chi connectivity index (χ2v) is 10.0. The summed E-state index contributed by atoms with van der Waals surface area (Å²) in [5.74, 6) is -0.231. The molecule has 0 bridgehead atoms. The van der Waals surface area contributed by atoms with Crippen molar-refractivity contribution in [2.24, 2.45) is 9.50 Å². The van der Waals surface area contributed by atoms with Gasteiger partial charge in [-0.3, -0.25) is 0 Å². The number of nitrogens with one attached hydrogen (secondary N) is 1. The van der Waals surface area contributed by atoms with Crippen LogP contribution in [0, 0.1) is 19.7 Å². The number of thiazole rings is 1. The molecule has 0 fully saturated rings. The van der Waals surface area contributed by atoms with E-state index < -0.39 is 9.92 Å². The maximum Gasteiger partial charge on any atom is 0.148 e. The summed E-state index contributed by atoms with van der Waals surface area (Å²) in [6, 6.07) is 3.01. The van der Waals surface area contributed by atoms with Gasteiger partial charge in [0.2, 0.25) is 0 Å². The molecule has 5 nitrogen and oxygen atoms in total. The topological polar surface area (TPSA) is 80.4 Å². The molecule has 0 aliphatic heterocycles. The van der Waals surface area contributed by atoms with E-state index in [9.17, 15) is 8.60 Å². The average Bonchev–Trinajstić information content (AvgIpc) is 2.93. The van der Waals surface area contributed by atoms with E-state index in [0.717, 1.165) is 21.8 Å². The third kappa shape index (κ3) is 4.94. The molecule has 2 aromatic rings. The van der Waals surface area contributed by atoms with Crippen molar-refractivity contribution in [2.75, 3.05) is 12.0 Å². The normalized spacial score (nSPS) is 14.7. The van der Waals surface area contributed by atoms with Crippen LogP contribution in [0.5, 0.6) is 0 Å². The second kappa shape index (κ2) is 8.50. The van der Waals surface area contributed by atoms with Crippen LogP contribution in [0.25, 0.3) is 0 Å². The van der Waals surface area contributed by atoms with Gasteiger partial charge in [-0.2, -0.15) is 4.36 Å². The molecule has 27 heavy (non-hydrogen) atoms. The first-order chi connectivity index (χ1) is 12.6. The molecule has 0 amide bonds. The van der Waals surface area contributed by atoms with Gasteiger partial charge in [-0.05, 0) is 43.0 Å². The maximum atomic E-state index is 14.1. The highest BCUT2D eigenvalue weighted by Crippen LogP contribution is 2.34. The van der Waals surface area contributed by atoms with Crippen LogP contribution >= 0.6 is 11.3 Å². The zero-order valence-electron chi connectivity index (χ0n) is 16.4. The Morgan fingerprint density at radius 1 is 1.37 bits per heavy atom. The standard InChI is InChI=1S/C19H27FN4OS2/c1-7-12(4)17-9-15(20)8-16(11(2)3)18(17)22-10-23-27(21,25)19-13(5)24-14(6)26-19/h7-9,11-12,22H,1,10H2,2-6H3,(H2,21,23,25). The predicted molar refractivity (Wildman–Crippen MR) is 112 cm³/mol. The van der Waals surface area contributed by atoms with Crippen LogP contribution in [0.1, 0.15) is 54.4 Å². The molecule has 1 heterocycles. The van der Waals surface area contributed by atoms with E-state index in [1.165, 1.54) is 23.5 Å². The zero-order valence-corrected chi connectivity index (χ0v) is 18.0. The molecule has 148 valence electrons. The van der Waals surface area contributed by atoms with Crippen molar-refractivity contribution in [3.05, 3.63) is 52.4 Å². The maximum absolute atomic E-state index is 14.1. The highest BCUT2D eigenvalue weighted by Gasteiger charge is 2.18. The first kappa shape index (κ1) is 21.5. The molecular weight excluding hydrogens is 383 g/mol. The van der Waals surface area contributed by atoms with Crippen molar-refractivity contribution in [3.63, 3.8) is 0 Å². The molecule has 2 unspecified atom stereocenters. The molecule has 0 radical (unpaired) electrons. The van der Waals surface area contributed by atoms with Crippen LogP contribution in [0.4, 0.5) is 10.1 Å². The van der Waals surface area contributed by atoms with E-state index in [1.54, 1.807) is 13.0 Å². The highest BCUT2D eigenvalue weighted by molar-refractivity contribution is 7.93. The second-order valence-electron chi connectivity index (χ2n) is 6.78. The number of aryl methyl sites for hydroxylation is 2. The molecule has 1 aromatic carbocycles. The van der Waals surface area contributed by atoms with E-state index in [-0.39, 0.29) is 24.3 Å². The number of aromatic nitrogens is 1. The van der Waals surface area contributed by atoms with Gasteiger partial charge in [0, 0.05) is 11.6 Å². The summed E-state index contributed by atoms with van der Waals surface area (Å²) in [7, 11) is -3.05. The molecule has 8 heteroatoms. The van der Waals surface area contributed by atoms with Crippen molar-refractivity contribution < 1.29 is 8.60 Å². The lowest BCUT2D eigenvalue weighted by Gasteiger charge is -2.21. The van der Waals surface area contributed by atoms with Gasteiger partial charge in [-0.1, -0.05) is 26.8 Å². The number of rotatable bonds is 7. The van der Waals surface area contributed by atoms with Crippen LogP contribution in [-0.4, -0.2) is 15.9 Å². The van der Waals surface area contributed by atoms with Crippen LogP contribution in [-0.2, 0) is 9.92 Å². The Balaban J connectivity index is 2.41. The minimum Gasteiger partial charge on any atom is -0.365 e. The molecule has 0 aliphatic rings. The first-order valence-electron chi connectivity index (χ1n) is 8.71. The van der Waals surface area contributed by atoms with Crippen molar-refractivity contribution in [1.82, 2.24) is 4.98 Å². The lowest BCUT2D eigenvalue weighted by molar-refractivity contribution is 0.620. The van der Waals surface area contributed by atoms with Crippen LogP contribution in [0.2, 0.25) is 0 Å². The average molecular weight is 411 g/mol. The van der Waals surface area contributed by atoms with Crippen molar-refractivity contribution >= 4 is 26.9 Å². The van der Waals surface area contributed by atoms with Gasteiger partial charge in [-0.15, -0.1) is 17.9 Å². The van der Waals surface area contributed by atoms with Crippen LogP contribution < -0.4 is 10.5 Å². The van der Waals surface area contributed by atoms with Gasteiger partial charge < -0.3 is 5.32 Å². The number of anilines is 1. The SMILES string of the molecule is C=CC(C)c1cc(F)cc(C(C)C)c1NCN=S(N)(=O)c1sc(C)nc1C. The predicted octanol–water partition coefficient (Wildman–Crippen LogP) is 5.08. The van der Waals surface area contributed by atoms with E-state index >= 15 is 0 Å². The Morgan fingerprint density at radius 3 is 2.52 bits per heavy atom. The summed E-state index contributed by atoms with van der Waals surface area (Å²) in [5, 5.41) is 9.98. The number of hydrogen-bond donors (Lipinski definition) is 2. The number of halogens is 1. The highest BCUT2D eigenvalue weighted by atomic mass is 32.2. The number of hydrogen-bond acceptors (Lipinski definition) is 5. The number of allylic oxidation sites excluding steroid dienone is 1. The fraction of sp³-hybridized carbons (Fsp3) is 0.421. The lowest BCUT2D eigenvalue weighted by atomic mass is 9.91. The van der Waals surface area contributed by atoms with Gasteiger partial charge in [0.05, 0.1) is 10.7 Å². The first-order valence-corrected chi connectivity index (χ1v) is 11.1. The van der Waals surface area contributed by atoms with Gasteiger partial charge in [0.15, 0.2) is 0 Å². The molecule has 0 aliphatic carbocycles. The number of benzene rings is 1. The van der Waals surface area contributed by atoms with Crippen LogP contribution in [0.3, 0.4) is 0 Å². The van der Waals surface area contributed by atoms with Crippen LogP contribution in [0.15, 0.2) is 33.4 Å². The Bertz CT molecular complexity index is 959. The minimum absolute atomic E-state index is 0.0469. The summed E-state index contributed by atoms with van der Waals surface area (Å²) in [4.78, 5) is 4.27. The summed E-state index contributed by atoms with van der Waals surface area (Å²) in [5.41, 5.74) is 3.05. The van der Waals surface area contributed by atoms with Gasteiger partial charge in [0.25, 0.3) is 0 Å². The third-order valence-electron chi connectivity index (χ3n) is 4.27. The van der Waals surface area contributed by atoms with Crippen molar-refractivity contribution in [3.8, 4) is 0 Å². The van der Waals surface area contributed by atoms with E-state index in [2.05, 4.69) is 21.2 Å². The summed E-state index contributed by atoms with van der Waals surface area (Å²) in [6.45, 7) is 13.4. The van der Waals surface area contributed by atoms with Gasteiger partial charge in [0.1, 0.15) is 26.6 Å². The smallest absolute Gasteiger partial charge is 0.148 e.